The molecule has 1 heteroatoms. The van der Waals surface area contributed by atoms with Crippen LogP contribution in [-0.4, -0.2) is 7.11 Å². The minimum absolute atomic E-state index is 0.842. The Labute approximate surface area is 193 Å². The van der Waals surface area contributed by atoms with Crippen LogP contribution in [0, 0.1) is 30.6 Å². The van der Waals surface area contributed by atoms with Crippen LogP contribution in [0.1, 0.15) is 66.5 Å². The van der Waals surface area contributed by atoms with Crippen molar-refractivity contribution in [2.75, 3.05) is 7.11 Å². The molecular formula is C31H30O. The Hall–Kier alpha value is -3.68. The maximum absolute atomic E-state index is 5.22. The van der Waals surface area contributed by atoms with E-state index in [1.165, 1.54) is 23.1 Å². The molecule has 1 nitrogen and oxygen atoms in total. The topological polar surface area (TPSA) is 9.23 Å². The average molecular weight is 419 g/mol. The van der Waals surface area contributed by atoms with E-state index < -0.39 is 0 Å². The predicted octanol–water partition coefficient (Wildman–Crippen LogP) is 7.40. The summed E-state index contributed by atoms with van der Waals surface area (Å²) < 4.78 is 5.22. The SMILES string of the molecule is CC.COc1ccc(C#Cc2ccc(C#Cc3ccc(C)cc3)cc2C2=CCCC2)cc1. The van der Waals surface area contributed by atoms with E-state index in [4.69, 9.17) is 4.74 Å². The van der Waals surface area contributed by atoms with Gasteiger partial charge in [-0.15, -0.1) is 0 Å². The maximum Gasteiger partial charge on any atom is 0.118 e. The highest BCUT2D eigenvalue weighted by atomic mass is 16.5. The summed E-state index contributed by atoms with van der Waals surface area (Å²) >= 11 is 0. The van der Waals surface area contributed by atoms with Crippen molar-refractivity contribution in [3.63, 3.8) is 0 Å². The molecule has 0 saturated heterocycles. The molecule has 32 heavy (non-hydrogen) atoms. The molecule has 4 rings (SSSR count). The van der Waals surface area contributed by atoms with Gasteiger partial charge in [0.1, 0.15) is 5.75 Å². The third kappa shape index (κ3) is 6.16. The molecule has 0 unspecified atom stereocenters. The smallest absolute Gasteiger partial charge is 0.118 e. The third-order valence-corrected chi connectivity index (χ3v) is 5.24. The third-order valence-electron chi connectivity index (χ3n) is 5.24. The summed E-state index contributed by atoms with van der Waals surface area (Å²) in [5.74, 6) is 14.1. The quantitative estimate of drug-likeness (QED) is 0.394. The van der Waals surface area contributed by atoms with Crippen LogP contribution in [0.4, 0.5) is 0 Å². The predicted molar refractivity (Wildman–Crippen MR) is 136 cm³/mol. The van der Waals surface area contributed by atoms with Gasteiger partial charge >= 0.3 is 0 Å². The van der Waals surface area contributed by atoms with E-state index in [1.54, 1.807) is 7.11 Å². The zero-order chi connectivity index (χ0) is 22.8. The number of hydrogen-bond acceptors (Lipinski definition) is 1. The van der Waals surface area contributed by atoms with Crippen molar-refractivity contribution in [2.24, 2.45) is 0 Å². The van der Waals surface area contributed by atoms with Crippen molar-refractivity contribution < 1.29 is 4.74 Å². The number of methoxy groups -OCH3 is 1. The van der Waals surface area contributed by atoms with Crippen LogP contribution in [0.3, 0.4) is 0 Å². The lowest BCUT2D eigenvalue weighted by atomic mass is 9.96. The van der Waals surface area contributed by atoms with E-state index in [9.17, 15) is 0 Å². The number of hydrogen-bond donors (Lipinski definition) is 0. The normalized spacial score (nSPS) is 11.7. The summed E-state index contributed by atoms with van der Waals surface area (Å²) in [6.07, 6.45) is 5.79. The Morgan fingerprint density at radius 3 is 1.94 bits per heavy atom. The fourth-order valence-electron chi connectivity index (χ4n) is 3.51. The largest absolute Gasteiger partial charge is 0.497 e. The molecule has 0 saturated carbocycles. The van der Waals surface area contributed by atoms with Crippen LogP contribution in [0.15, 0.2) is 72.8 Å². The molecule has 1 aliphatic carbocycles. The Kier molecular flexibility index (Phi) is 8.36. The highest BCUT2D eigenvalue weighted by Gasteiger charge is 2.11. The average Bonchev–Trinajstić information content (AvgIpc) is 3.39. The van der Waals surface area contributed by atoms with Crippen molar-refractivity contribution in [1.82, 2.24) is 0 Å². The monoisotopic (exact) mass is 418 g/mol. The first-order chi connectivity index (χ1) is 15.7. The second-order valence-electron chi connectivity index (χ2n) is 7.48. The van der Waals surface area contributed by atoms with E-state index in [-0.39, 0.29) is 0 Å². The molecule has 0 fully saturated rings. The van der Waals surface area contributed by atoms with E-state index in [0.29, 0.717) is 0 Å². The van der Waals surface area contributed by atoms with E-state index in [2.05, 4.69) is 79.1 Å². The van der Waals surface area contributed by atoms with Crippen LogP contribution in [0.25, 0.3) is 5.57 Å². The number of aryl methyl sites for hydroxylation is 1. The van der Waals surface area contributed by atoms with Gasteiger partial charge in [-0.3, -0.25) is 0 Å². The Morgan fingerprint density at radius 2 is 1.31 bits per heavy atom. The van der Waals surface area contributed by atoms with E-state index in [1.807, 2.05) is 38.1 Å². The molecule has 3 aromatic rings. The summed E-state index contributed by atoms with van der Waals surface area (Å²) in [5, 5.41) is 0. The molecule has 1 aliphatic rings. The van der Waals surface area contributed by atoms with Crippen LogP contribution in [0.5, 0.6) is 5.75 Å². The molecule has 0 radical (unpaired) electrons. The molecule has 0 spiro atoms. The van der Waals surface area contributed by atoms with Crippen molar-refractivity contribution in [3.8, 4) is 29.4 Å². The van der Waals surface area contributed by atoms with E-state index in [0.717, 1.165) is 40.8 Å². The summed E-state index contributed by atoms with van der Waals surface area (Å²) in [4.78, 5) is 0. The molecular weight excluding hydrogens is 388 g/mol. The van der Waals surface area contributed by atoms with Crippen LogP contribution in [-0.2, 0) is 0 Å². The van der Waals surface area contributed by atoms with Gasteiger partial charge < -0.3 is 4.74 Å². The first-order valence-electron chi connectivity index (χ1n) is 11.3. The van der Waals surface area contributed by atoms with Gasteiger partial charge in [-0.1, -0.05) is 61.3 Å². The van der Waals surface area contributed by atoms with Crippen molar-refractivity contribution >= 4 is 5.57 Å². The van der Waals surface area contributed by atoms with Gasteiger partial charge in [0.15, 0.2) is 0 Å². The lowest BCUT2D eigenvalue weighted by Crippen LogP contribution is -1.90. The zero-order valence-electron chi connectivity index (χ0n) is 19.5. The first-order valence-corrected chi connectivity index (χ1v) is 11.3. The van der Waals surface area contributed by atoms with Crippen molar-refractivity contribution in [1.29, 1.82) is 0 Å². The van der Waals surface area contributed by atoms with Gasteiger partial charge in [0.05, 0.1) is 7.11 Å². The molecule has 0 atom stereocenters. The van der Waals surface area contributed by atoms with Gasteiger partial charge in [0, 0.05) is 22.3 Å². The minimum Gasteiger partial charge on any atom is -0.497 e. The van der Waals surface area contributed by atoms with Crippen molar-refractivity contribution in [3.05, 3.63) is 106 Å². The van der Waals surface area contributed by atoms with Crippen molar-refractivity contribution in [2.45, 2.75) is 40.0 Å². The fourth-order valence-corrected chi connectivity index (χ4v) is 3.51. The maximum atomic E-state index is 5.22. The summed E-state index contributed by atoms with van der Waals surface area (Å²) in [6.45, 7) is 6.09. The molecule has 0 aliphatic heterocycles. The minimum atomic E-state index is 0.842. The summed E-state index contributed by atoms with van der Waals surface area (Å²) in [6, 6.07) is 22.5. The molecule has 0 heterocycles. The van der Waals surface area contributed by atoms with Gasteiger partial charge in [0.2, 0.25) is 0 Å². The summed E-state index contributed by atoms with van der Waals surface area (Å²) in [5.41, 5.74) is 7.93. The van der Waals surface area contributed by atoms with E-state index >= 15 is 0 Å². The van der Waals surface area contributed by atoms with Gasteiger partial charge in [-0.2, -0.15) is 0 Å². The standard InChI is InChI=1S/C29H24O.C2H6/c1-22-7-9-23(10-8-22)11-12-25-14-18-27(29(21-25)26-5-3-4-6-26)17-13-24-15-19-28(30-2)20-16-24;1-2/h5,7-10,14-16,18-21H,3-4,6H2,1-2H3;1-2H3. The molecule has 0 aromatic heterocycles. The number of rotatable bonds is 2. The number of ether oxygens (including phenoxy) is 1. The highest BCUT2D eigenvalue weighted by molar-refractivity contribution is 5.74. The van der Waals surface area contributed by atoms with Gasteiger partial charge in [0.25, 0.3) is 0 Å². The first kappa shape index (κ1) is 23.0. The van der Waals surface area contributed by atoms with Crippen LogP contribution >= 0.6 is 0 Å². The molecule has 0 bridgehead atoms. The second-order valence-corrected chi connectivity index (χ2v) is 7.48. The lowest BCUT2D eigenvalue weighted by molar-refractivity contribution is 0.415. The summed E-state index contributed by atoms with van der Waals surface area (Å²) in [7, 11) is 1.67. The lowest BCUT2D eigenvalue weighted by Gasteiger charge is -2.07. The van der Waals surface area contributed by atoms with Gasteiger partial charge in [-0.05, 0) is 91.9 Å². The molecule has 0 amide bonds. The Bertz CT molecular complexity index is 1190. The number of allylic oxidation sites excluding steroid dienone is 2. The highest BCUT2D eigenvalue weighted by Crippen LogP contribution is 2.30. The number of benzene rings is 3. The molecule has 0 N–H and O–H groups in total. The zero-order valence-corrected chi connectivity index (χ0v) is 19.5. The molecule has 3 aromatic carbocycles. The van der Waals surface area contributed by atoms with Crippen LogP contribution < -0.4 is 4.74 Å². The fraction of sp³-hybridized carbons (Fsp3) is 0.226. The van der Waals surface area contributed by atoms with Crippen LogP contribution in [0.2, 0.25) is 0 Å². The second kappa shape index (κ2) is 11.6. The molecule has 160 valence electrons. The Morgan fingerprint density at radius 1 is 0.719 bits per heavy atom. The van der Waals surface area contributed by atoms with Gasteiger partial charge in [-0.25, -0.2) is 0 Å². The Balaban J connectivity index is 0.00000141.